The molecule has 0 saturated heterocycles. The fourth-order valence-electron chi connectivity index (χ4n) is 7.62. The molecule has 0 bridgehead atoms. The maximum Gasteiger partial charge on any atom is 0.297 e. The van der Waals surface area contributed by atoms with Crippen molar-refractivity contribution in [3.8, 4) is 0 Å². The fourth-order valence-corrected chi connectivity index (χ4v) is 8.82. The Hall–Kier alpha value is -1.13. The van der Waals surface area contributed by atoms with E-state index in [9.17, 15) is 8.42 Å². The zero-order valence-corrected chi connectivity index (χ0v) is 18.6. The van der Waals surface area contributed by atoms with Gasteiger partial charge in [0, 0.05) is 0 Å². The first kappa shape index (κ1) is 19.8. The molecule has 158 valence electrons. The number of hydrogen-bond donors (Lipinski definition) is 0. The minimum Gasteiger partial charge on any atom is -0.262 e. The van der Waals surface area contributed by atoms with Crippen LogP contribution in [-0.4, -0.2) is 14.5 Å². The van der Waals surface area contributed by atoms with Crippen LogP contribution in [0, 0.1) is 41.9 Å². The van der Waals surface area contributed by atoms with Gasteiger partial charge in [0.2, 0.25) is 0 Å². The molecule has 0 aromatic heterocycles. The van der Waals surface area contributed by atoms with Crippen molar-refractivity contribution >= 4 is 10.1 Å². The summed E-state index contributed by atoms with van der Waals surface area (Å²) in [6.07, 6.45) is 9.27. The first-order valence-corrected chi connectivity index (χ1v) is 12.9. The molecule has 1 aromatic rings. The highest BCUT2D eigenvalue weighted by Crippen LogP contribution is 2.64. The van der Waals surface area contributed by atoms with Crippen LogP contribution >= 0.6 is 0 Å². The topological polar surface area (TPSA) is 43.4 Å². The van der Waals surface area contributed by atoms with Crippen LogP contribution in [0.5, 0.6) is 0 Å². The summed E-state index contributed by atoms with van der Waals surface area (Å²) in [5.74, 6) is 3.87. The van der Waals surface area contributed by atoms with E-state index in [1.807, 2.05) is 19.1 Å². The average Bonchev–Trinajstić information content (AvgIpc) is 3.21. The number of allylic oxidation sites excluding steroid dienone is 1. The highest BCUT2D eigenvalue weighted by Gasteiger charge is 2.58. The van der Waals surface area contributed by atoms with Crippen molar-refractivity contribution in [2.75, 3.05) is 0 Å². The van der Waals surface area contributed by atoms with Gasteiger partial charge in [0.1, 0.15) is 0 Å². The highest BCUT2D eigenvalue weighted by molar-refractivity contribution is 7.86. The van der Waals surface area contributed by atoms with Crippen molar-refractivity contribution < 1.29 is 12.6 Å². The molecule has 3 nitrogen and oxygen atoms in total. The molecule has 4 fully saturated rings. The molecular weight excluding hydrogens is 380 g/mol. The second-order valence-electron chi connectivity index (χ2n) is 10.6. The SMILES string of the molecule is C=C1C[C@@H]2CC[C@@H]3[C@H](CC[C@]4(C)[C@@H](OS(=O)(=O)c5ccc(C)cc5)CC[C@@H]34)[C@H]2C1. The van der Waals surface area contributed by atoms with E-state index in [1.165, 1.54) is 37.7 Å². The summed E-state index contributed by atoms with van der Waals surface area (Å²) in [5, 5.41) is 0. The number of aryl methyl sites for hydroxylation is 1. The third-order valence-corrected chi connectivity index (χ3v) is 10.4. The van der Waals surface area contributed by atoms with Gasteiger partial charge in [-0.1, -0.05) is 36.8 Å². The quantitative estimate of drug-likeness (QED) is 0.458. The summed E-state index contributed by atoms with van der Waals surface area (Å²) in [6.45, 7) is 8.58. The maximum absolute atomic E-state index is 13.0. The van der Waals surface area contributed by atoms with Gasteiger partial charge in [-0.2, -0.15) is 8.42 Å². The molecule has 7 atom stereocenters. The van der Waals surface area contributed by atoms with Gasteiger partial charge in [0.05, 0.1) is 11.0 Å². The van der Waals surface area contributed by atoms with E-state index in [-0.39, 0.29) is 16.4 Å². The largest absolute Gasteiger partial charge is 0.297 e. The van der Waals surface area contributed by atoms with Crippen LogP contribution in [0.1, 0.15) is 63.9 Å². The molecule has 0 spiro atoms. The molecule has 4 heteroatoms. The number of hydrogen-bond acceptors (Lipinski definition) is 3. The Morgan fingerprint density at radius 2 is 1.72 bits per heavy atom. The van der Waals surface area contributed by atoms with Crippen molar-refractivity contribution in [3.05, 3.63) is 42.0 Å². The van der Waals surface area contributed by atoms with Crippen molar-refractivity contribution in [1.82, 2.24) is 0 Å². The van der Waals surface area contributed by atoms with Crippen LogP contribution in [0.3, 0.4) is 0 Å². The Bertz CT molecular complexity index is 903. The van der Waals surface area contributed by atoms with E-state index in [2.05, 4.69) is 13.5 Å². The van der Waals surface area contributed by atoms with E-state index in [0.717, 1.165) is 48.5 Å². The molecule has 0 radical (unpaired) electrons. The summed E-state index contributed by atoms with van der Waals surface area (Å²) in [7, 11) is -3.71. The minimum absolute atomic E-state index is 0.0125. The second kappa shape index (κ2) is 6.95. The van der Waals surface area contributed by atoms with E-state index in [0.29, 0.717) is 5.92 Å². The van der Waals surface area contributed by atoms with Crippen molar-refractivity contribution in [2.24, 2.45) is 35.0 Å². The normalized spacial score (nSPS) is 41.7. The van der Waals surface area contributed by atoms with Crippen LogP contribution in [0.25, 0.3) is 0 Å². The second-order valence-corrected chi connectivity index (χ2v) is 12.1. The molecule has 4 saturated carbocycles. The Labute approximate surface area is 176 Å². The Morgan fingerprint density at radius 1 is 0.966 bits per heavy atom. The molecule has 0 unspecified atom stereocenters. The third-order valence-electron chi connectivity index (χ3n) is 9.06. The van der Waals surface area contributed by atoms with Gasteiger partial charge in [-0.3, -0.25) is 4.18 Å². The van der Waals surface area contributed by atoms with Crippen molar-refractivity contribution in [1.29, 1.82) is 0 Å². The van der Waals surface area contributed by atoms with Crippen LogP contribution in [0.2, 0.25) is 0 Å². The molecule has 4 aliphatic rings. The van der Waals surface area contributed by atoms with Gasteiger partial charge in [-0.05, 0) is 105 Å². The Kier molecular flexibility index (Phi) is 4.75. The first-order chi connectivity index (χ1) is 13.8. The summed E-state index contributed by atoms with van der Waals surface area (Å²) >= 11 is 0. The summed E-state index contributed by atoms with van der Waals surface area (Å²) in [5.41, 5.74) is 2.51. The number of benzene rings is 1. The van der Waals surface area contributed by atoms with Gasteiger partial charge in [0.25, 0.3) is 10.1 Å². The van der Waals surface area contributed by atoms with Gasteiger partial charge < -0.3 is 0 Å². The monoisotopic (exact) mass is 414 g/mol. The van der Waals surface area contributed by atoms with E-state index in [4.69, 9.17) is 4.18 Å². The van der Waals surface area contributed by atoms with Crippen LogP contribution in [0.15, 0.2) is 41.3 Å². The molecule has 0 N–H and O–H groups in total. The average molecular weight is 415 g/mol. The summed E-state index contributed by atoms with van der Waals surface area (Å²) in [6, 6.07) is 7.03. The van der Waals surface area contributed by atoms with E-state index < -0.39 is 10.1 Å². The lowest BCUT2D eigenvalue weighted by atomic mass is 9.53. The Balaban J connectivity index is 1.36. The predicted octanol–water partition coefficient (Wildman–Crippen LogP) is 5.89. The number of rotatable bonds is 3. The Morgan fingerprint density at radius 3 is 2.48 bits per heavy atom. The fraction of sp³-hybridized carbons (Fsp3) is 0.680. The smallest absolute Gasteiger partial charge is 0.262 e. The molecule has 4 aliphatic carbocycles. The van der Waals surface area contributed by atoms with Crippen molar-refractivity contribution in [3.63, 3.8) is 0 Å². The molecule has 1 aromatic carbocycles. The maximum atomic E-state index is 13.0. The van der Waals surface area contributed by atoms with Crippen LogP contribution in [0.4, 0.5) is 0 Å². The number of fused-ring (bicyclic) bond motifs is 5. The van der Waals surface area contributed by atoms with Crippen LogP contribution in [-0.2, 0) is 14.3 Å². The summed E-state index contributed by atoms with van der Waals surface area (Å²) in [4.78, 5) is 0.286. The zero-order valence-electron chi connectivity index (χ0n) is 17.8. The highest BCUT2D eigenvalue weighted by atomic mass is 32.2. The molecule has 0 aliphatic heterocycles. The minimum atomic E-state index is -3.71. The molecule has 0 heterocycles. The van der Waals surface area contributed by atoms with Crippen LogP contribution < -0.4 is 0 Å². The lowest BCUT2D eigenvalue weighted by Gasteiger charge is -2.53. The third kappa shape index (κ3) is 3.22. The zero-order chi connectivity index (χ0) is 20.4. The standard InChI is InChI=1S/C25H34O3S/c1-16-4-7-19(8-5-16)29(26,27)28-24-11-10-23-21-9-6-18-14-17(2)15-22(18)20(21)12-13-25(23,24)3/h4-5,7-8,18,20-24H,2,6,9-15H2,1,3H3/t18-,20-,21+,22-,23-,24-,25-/m0/s1. The molecule has 5 rings (SSSR count). The van der Waals surface area contributed by atoms with E-state index in [1.54, 1.807) is 12.1 Å². The van der Waals surface area contributed by atoms with Crippen molar-refractivity contribution in [2.45, 2.75) is 76.2 Å². The first-order valence-electron chi connectivity index (χ1n) is 11.4. The summed E-state index contributed by atoms with van der Waals surface area (Å²) < 4.78 is 31.8. The predicted molar refractivity (Wildman–Crippen MR) is 115 cm³/mol. The lowest BCUT2D eigenvalue weighted by molar-refractivity contribution is -0.0605. The lowest BCUT2D eigenvalue weighted by Crippen LogP contribution is -2.48. The molecule has 29 heavy (non-hydrogen) atoms. The van der Waals surface area contributed by atoms with Gasteiger partial charge in [-0.25, -0.2) is 0 Å². The van der Waals surface area contributed by atoms with E-state index >= 15 is 0 Å². The van der Waals surface area contributed by atoms with Gasteiger partial charge >= 0.3 is 0 Å². The van der Waals surface area contributed by atoms with Gasteiger partial charge in [0.15, 0.2) is 0 Å². The molecular formula is C25H34O3S. The van der Waals surface area contributed by atoms with Gasteiger partial charge in [-0.15, -0.1) is 0 Å². The molecule has 0 amide bonds.